The molecule has 0 radical (unpaired) electrons. The van der Waals surface area contributed by atoms with Gasteiger partial charge in [0.15, 0.2) is 0 Å². The first-order valence-corrected chi connectivity index (χ1v) is 9.16. The molecule has 0 bridgehead atoms. The Kier molecular flexibility index (Phi) is 6.25. The number of carbonyl (C=O) groups excluding carboxylic acids is 1. The molecule has 0 atom stereocenters. The van der Waals surface area contributed by atoms with Crippen LogP contribution in [0.25, 0.3) is 0 Å². The molecule has 142 valence electrons. The first-order valence-electron chi connectivity index (χ1n) is 9.16. The lowest BCUT2D eigenvalue weighted by molar-refractivity contribution is -0.384. The summed E-state index contributed by atoms with van der Waals surface area (Å²) in [6.45, 7) is 0.301. The van der Waals surface area contributed by atoms with Crippen LogP contribution in [0, 0.1) is 10.1 Å². The number of ether oxygens (including phenoxy) is 1. The Hall–Kier alpha value is -3.09. The quantitative estimate of drug-likeness (QED) is 0.533. The van der Waals surface area contributed by atoms with Crippen molar-refractivity contribution in [2.75, 3.05) is 17.2 Å². The Morgan fingerprint density at radius 3 is 2.70 bits per heavy atom. The van der Waals surface area contributed by atoms with Crippen molar-refractivity contribution < 1.29 is 14.5 Å². The number of nitro benzene ring substituents is 1. The van der Waals surface area contributed by atoms with Crippen LogP contribution in [0.4, 0.5) is 17.1 Å². The fourth-order valence-corrected chi connectivity index (χ4v) is 3.16. The van der Waals surface area contributed by atoms with E-state index in [-0.39, 0.29) is 24.1 Å². The third kappa shape index (κ3) is 5.44. The summed E-state index contributed by atoms with van der Waals surface area (Å²) < 4.78 is 5.94. The number of nitrogens with zero attached hydrogens (tertiary/aromatic N) is 1. The summed E-state index contributed by atoms with van der Waals surface area (Å²) in [5.41, 5.74) is 1.08. The number of benzene rings is 2. The molecule has 2 aromatic carbocycles. The van der Waals surface area contributed by atoms with Crippen LogP contribution in [0.1, 0.15) is 32.1 Å². The van der Waals surface area contributed by atoms with Gasteiger partial charge in [-0.3, -0.25) is 14.9 Å². The summed E-state index contributed by atoms with van der Waals surface area (Å²) >= 11 is 0. The SMILES string of the molecule is O=C(CCNc1ccccc1[N+](=O)[O-])Nc1cccc(OC2CCCC2)c1. The van der Waals surface area contributed by atoms with Gasteiger partial charge in [0, 0.05) is 30.8 Å². The molecule has 7 nitrogen and oxygen atoms in total. The van der Waals surface area contributed by atoms with E-state index in [4.69, 9.17) is 4.74 Å². The maximum Gasteiger partial charge on any atom is 0.292 e. The second-order valence-electron chi connectivity index (χ2n) is 6.55. The average Bonchev–Trinajstić information content (AvgIpc) is 3.15. The lowest BCUT2D eigenvalue weighted by Gasteiger charge is -2.14. The van der Waals surface area contributed by atoms with Gasteiger partial charge in [0.2, 0.25) is 5.91 Å². The number of carbonyl (C=O) groups is 1. The van der Waals surface area contributed by atoms with Crippen LogP contribution < -0.4 is 15.4 Å². The van der Waals surface area contributed by atoms with E-state index < -0.39 is 4.92 Å². The second-order valence-corrected chi connectivity index (χ2v) is 6.55. The highest BCUT2D eigenvalue weighted by Crippen LogP contribution is 2.26. The van der Waals surface area contributed by atoms with Crippen LogP contribution >= 0.6 is 0 Å². The Balaban J connectivity index is 1.49. The normalized spacial score (nSPS) is 13.9. The summed E-state index contributed by atoms with van der Waals surface area (Å²) in [5, 5.41) is 16.8. The third-order valence-electron chi connectivity index (χ3n) is 4.49. The van der Waals surface area contributed by atoms with Crippen molar-refractivity contribution in [3.63, 3.8) is 0 Å². The number of nitrogens with one attached hydrogen (secondary N) is 2. The minimum absolute atomic E-state index is 0.00493. The number of rotatable bonds is 8. The van der Waals surface area contributed by atoms with Crippen molar-refractivity contribution in [3.8, 4) is 5.75 Å². The summed E-state index contributed by atoms with van der Waals surface area (Å²) in [5.74, 6) is 0.594. The molecule has 7 heteroatoms. The summed E-state index contributed by atoms with van der Waals surface area (Å²) in [6, 6.07) is 13.8. The van der Waals surface area contributed by atoms with Gasteiger partial charge in [-0.05, 0) is 43.9 Å². The zero-order chi connectivity index (χ0) is 19.1. The molecule has 2 N–H and O–H groups in total. The van der Waals surface area contributed by atoms with Crippen LogP contribution in [-0.4, -0.2) is 23.5 Å². The predicted octanol–water partition coefficient (Wildman–Crippen LogP) is 4.36. The molecule has 0 aromatic heterocycles. The molecule has 27 heavy (non-hydrogen) atoms. The Morgan fingerprint density at radius 2 is 1.93 bits per heavy atom. The first kappa shape index (κ1) is 18.7. The van der Waals surface area contributed by atoms with Gasteiger partial charge in [-0.1, -0.05) is 18.2 Å². The van der Waals surface area contributed by atoms with Gasteiger partial charge in [0.1, 0.15) is 11.4 Å². The maximum absolute atomic E-state index is 12.2. The van der Waals surface area contributed by atoms with Crippen molar-refractivity contribution in [2.45, 2.75) is 38.2 Å². The molecule has 2 aromatic rings. The predicted molar refractivity (Wildman–Crippen MR) is 104 cm³/mol. The number of hydrogen-bond donors (Lipinski definition) is 2. The molecular formula is C20H23N3O4. The summed E-state index contributed by atoms with van der Waals surface area (Å²) in [7, 11) is 0. The Bertz CT molecular complexity index is 803. The van der Waals surface area contributed by atoms with E-state index in [1.165, 1.54) is 18.9 Å². The average molecular weight is 369 g/mol. The first-order chi connectivity index (χ1) is 13.1. The van der Waals surface area contributed by atoms with Gasteiger partial charge in [-0.25, -0.2) is 0 Å². The van der Waals surface area contributed by atoms with Gasteiger partial charge in [-0.15, -0.1) is 0 Å². The number of anilines is 2. The molecule has 0 unspecified atom stereocenters. The fraction of sp³-hybridized carbons (Fsp3) is 0.350. The van der Waals surface area contributed by atoms with Crippen LogP contribution in [0.15, 0.2) is 48.5 Å². The van der Waals surface area contributed by atoms with E-state index >= 15 is 0 Å². The highest BCUT2D eigenvalue weighted by Gasteiger charge is 2.16. The van der Waals surface area contributed by atoms with Gasteiger partial charge in [0.05, 0.1) is 11.0 Å². The summed E-state index contributed by atoms with van der Waals surface area (Å²) in [4.78, 5) is 22.7. The topological polar surface area (TPSA) is 93.5 Å². The lowest BCUT2D eigenvalue weighted by atomic mass is 10.2. The lowest BCUT2D eigenvalue weighted by Crippen LogP contribution is -2.17. The van der Waals surface area contributed by atoms with Crippen LogP contribution in [0.2, 0.25) is 0 Å². The van der Waals surface area contributed by atoms with E-state index in [0.29, 0.717) is 17.9 Å². The van der Waals surface area contributed by atoms with Crippen molar-refractivity contribution in [3.05, 3.63) is 58.6 Å². The molecule has 0 spiro atoms. The van der Waals surface area contributed by atoms with Crippen LogP contribution in [0.3, 0.4) is 0 Å². The Morgan fingerprint density at radius 1 is 1.15 bits per heavy atom. The maximum atomic E-state index is 12.2. The largest absolute Gasteiger partial charge is 0.490 e. The van der Waals surface area contributed by atoms with Crippen molar-refractivity contribution in [2.24, 2.45) is 0 Å². The van der Waals surface area contributed by atoms with Crippen molar-refractivity contribution in [1.82, 2.24) is 0 Å². The molecular weight excluding hydrogens is 346 g/mol. The van der Waals surface area contributed by atoms with Gasteiger partial charge in [-0.2, -0.15) is 0 Å². The monoisotopic (exact) mass is 369 g/mol. The number of hydrogen-bond acceptors (Lipinski definition) is 5. The van der Waals surface area contributed by atoms with E-state index in [0.717, 1.165) is 18.6 Å². The van der Waals surface area contributed by atoms with Gasteiger partial charge < -0.3 is 15.4 Å². The standard InChI is InChI=1S/C20H23N3O4/c24-20(12-13-21-18-10-3-4-11-19(18)23(25)26)22-15-6-5-9-17(14-15)27-16-7-1-2-8-16/h3-6,9-11,14,16,21H,1-2,7-8,12-13H2,(H,22,24). The van der Waals surface area contributed by atoms with Crippen molar-refractivity contribution >= 4 is 23.0 Å². The van der Waals surface area contributed by atoms with Crippen molar-refractivity contribution in [1.29, 1.82) is 0 Å². The molecule has 1 amide bonds. The van der Waals surface area contributed by atoms with Crippen LogP contribution in [0.5, 0.6) is 5.75 Å². The molecule has 0 heterocycles. The highest BCUT2D eigenvalue weighted by atomic mass is 16.6. The molecule has 1 aliphatic rings. The van der Waals surface area contributed by atoms with Crippen LogP contribution in [-0.2, 0) is 4.79 Å². The zero-order valence-electron chi connectivity index (χ0n) is 15.0. The third-order valence-corrected chi connectivity index (χ3v) is 4.49. The number of nitro groups is 1. The fourth-order valence-electron chi connectivity index (χ4n) is 3.16. The Labute approximate surface area is 157 Å². The molecule has 1 saturated carbocycles. The van der Waals surface area contributed by atoms with E-state index in [1.54, 1.807) is 18.2 Å². The smallest absolute Gasteiger partial charge is 0.292 e. The van der Waals surface area contributed by atoms with Gasteiger partial charge in [0.25, 0.3) is 5.69 Å². The van der Waals surface area contributed by atoms with E-state index in [2.05, 4.69) is 10.6 Å². The zero-order valence-corrected chi connectivity index (χ0v) is 15.0. The second kappa shape index (κ2) is 9.02. The van der Waals surface area contributed by atoms with Gasteiger partial charge >= 0.3 is 0 Å². The summed E-state index contributed by atoms with van der Waals surface area (Å²) in [6.07, 6.45) is 5.02. The minimum Gasteiger partial charge on any atom is -0.490 e. The molecule has 0 saturated heterocycles. The minimum atomic E-state index is -0.446. The molecule has 1 aliphatic carbocycles. The molecule has 3 rings (SSSR count). The van der Waals surface area contributed by atoms with E-state index in [9.17, 15) is 14.9 Å². The molecule has 0 aliphatic heterocycles. The molecule has 1 fully saturated rings. The number of para-hydroxylation sites is 2. The number of amides is 1. The van der Waals surface area contributed by atoms with E-state index in [1.807, 2.05) is 24.3 Å². The highest BCUT2D eigenvalue weighted by molar-refractivity contribution is 5.91.